The number of aryl methyl sites for hydroxylation is 1. The van der Waals surface area contributed by atoms with E-state index in [1.807, 2.05) is 0 Å². The summed E-state index contributed by atoms with van der Waals surface area (Å²) in [4.78, 5) is 5.57. The Hall–Kier alpha value is -1.32. The van der Waals surface area contributed by atoms with E-state index in [-0.39, 0.29) is 6.61 Å². The first-order valence-corrected chi connectivity index (χ1v) is 6.47. The van der Waals surface area contributed by atoms with Gasteiger partial charge in [-0.15, -0.1) is 0 Å². The SMILES string of the molecule is Cc1ccc(CCO)c2c(CCN(C)C)c[nH]c12. The normalized spacial score (nSPS) is 11.6. The van der Waals surface area contributed by atoms with Crippen molar-refractivity contribution in [1.29, 1.82) is 0 Å². The van der Waals surface area contributed by atoms with Crippen LogP contribution in [0.4, 0.5) is 0 Å². The highest BCUT2D eigenvalue weighted by Crippen LogP contribution is 2.26. The molecule has 0 radical (unpaired) electrons. The van der Waals surface area contributed by atoms with E-state index in [2.05, 4.69) is 49.2 Å². The van der Waals surface area contributed by atoms with Gasteiger partial charge >= 0.3 is 0 Å². The average Bonchev–Trinajstić information content (AvgIpc) is 2.75. The summed E-state index contributed by atoms with van der Waals surface area (Å²) < 4.78 is 0. The molecule has 2 N–H and O–H groups in total. The molecule has 2 rings (SSSR count). The van der Waals surface area contributed by atoms with Crippen LogP contribution < -0.4 is 0 Å². The van der Waals surface area contributed by atoms with Crippen LogP contribution in [0.5, 0.6) is 0 Å². The van der Waals surface area contributed by atoms with Gasteiger partial charge in [0.25, 0.3) is 0 Å². The summed E-state index contributed by atoms with van der Waals surface area (Å²) in [5.74, 6) is 0. The van der Waals surface area contributed by atoms with Crippen LogP contribution in [0, 0.1) is 6.92 Å². The zero-order valence-electron chi connectivity index (χ0n) is 11.5. The molecular weight excluding hydrogens is 224 g/mol. The van der Waals surface area contributed by atoms with Gasteiger partial charge < -0.3 is 15.0 Å². The van der Waals surface area contributed by atoms with Gasteiger partial charge in [0.05, 0.1) is 0 Å². The Bertz CT molecular complexity index is 529. The Balaban J connectivity index is 2.43. The molecular formula is C15H22N2O. The van der Waals surface area contributed by atoms with Crippen LogP contribution in [0.15, 0.2) is 18.3 Å². The highest BCUT2D eigenvalue weighted by Gasteiger charge is 2.10. The molecule has 0 aliphatic rings. The number of aromatic amines is 1. The molecule has 2 aromatic rings. The zero-order chi connectivity index (χ0) is 13.1. The van der Waals surface area contributed by atoms with E-state index in [1.54, 1.807) is 0 Å². The van der Waals surface area contributed by atoms with Crippen molar-refractivity contribution in [2.75, 3.05) is 27.2 Å². The van der Waals surface area contributed by atoms with Crippen molar-refractivity contribution < 1.29 is 5.11 Å². The fraction of sp³-hybridized carbons (Fsp3) is 0.467. The highest BCUT2D eigenvalue weighted by molar-refractivity contribution is 5.89. The van der Waals surface area contributed by atoms with Crippen molar-refractivity contribution in [2.24, 2.45) is 0 Å². The summed E-state index contributed by atoms with van der Waals surface area (Å²) >= 11 is 0. The van der Waals surface area contributed by atoms with Gasteiger partial charge in [-0.3, -0.25) is 0 Å². The fourth-order valence-corrected chi connectivity index (χ4v) is 2.40. The van der Waals surface area contributed by atoms with Crippen LogP contribution in [0.1, 0.15) is 16.7 Å². The molecule has 0 aliphatic carbocycles. The summed E-state index contributed by atoms with van der Waals surface area (Å²) in [6, 6.07) is 4.26. The van der Waals surface area contributed by atoms with Crippen molar-refractivity contribution in [1.82, 2.24) is 9.88 Å². The third-order valence-electron chi connectivity index (χ3n) is 3.42. The summed E-state index contributed by atoms with van der Waals surface area (Å²) in [7, 11) is 4.18. The van der Waals surface area contributed by atoms with Crippen molar-refractivity contribution in [3.05, 3.63) is 35.0 Å². The maximum atomic E-state index is 9.18. The minimum absolute atomic E-state index is 0.205. The minimum atomic E-state index is 0.205. The number of aliphatic hydroxyl groups is 1. The zero-order valence-corrected chi connectivity index (χ0v) is 11.5. The molecule has 98 valence electrons. The lowest BCUT2D eigenvalue weighted by atomic mass is 9.99. The standard InChI is InChI=1S/C15H22N2O/c1-11-4-5-12(7-9-18)14-13(6-8-17(2)3)10-16-15(11)14/h4-5,10,16,18H,6-9H2,1-3H3. The van der Waals surface area contributed by atoms with Crippen LogP contribution in [0.3, 0.4) is 0 Å². The first-order valence-electron chi connectivity index (χ1n) is 6.47. The van der Waals surface area contributed by atoms with Gasteiger partial charge in [-0.05, 0) is 50.6 Å². The van der Waals surface area contributed by atoms with Crippen molar-refractivity contribution in [3.63, 3.8) is 0 Å². The predicted octanol–water partition coefficient (Wildman–Crippen LogP) is 2.12. The van der Waals surface area contributed by atoms with Crippen LogP contribution in [-0.4, -0.2) is 42.2 Å². The van der Waals surface area contributed by atoms with Gasteiger partial charge in [0.15, 0.2) is 0 Å². The number of benzene rings is 1. The van der Waals surface area contributed by atoms with Crippen LogP contribution in [-0.2, 0) is 12.8 Å². The van der Waals surface area contributed by atoms with E-state index in [4.69, 9.17) is 0 Å². The monoisotopic (exact) mass is 246 g/mol. The maximum absolute atomic E-state index is 9.18. The molecule has 18 heavy (non-hydrogen) atoms. The number of hydrogen-bond donors (Lipinski definition) is 2. The molecule has 1 heterocycles. The molecule has 0 saturated carbocycles. The molecule has 1 aromatic heterocycles. The topological polar surface area (TPSA) is 39.3 Å². The van der Waals surface area contributed by atoms with Crippen LogP contribution in [0.2, 0.25) is 0 Å². The Morgan fingerprint density at radius 3 is 2.61 bits per heavy atom. The third-order valence-corrected chi connectivity index (χ3v) is 3.42. The number of H-pyrrole nitrogens is 1. The number of fused-ring (bicyclic) bond motifs is 1. The molecule has 0 fully saturated rings. The summed E-state index contributed by atoms with van der Waals surface area (Å²) in [5, 5.41) is 10.5. The minimum Gasteiger partial charge on any atom is -0.396 e. The number of rotatable bonds is 5. The van der Waals surface area contributed by atoms with Crippen LogP contribution in [0.25, 0.3) is 10.9 Å². The second kappa shape index (κ2) is 5.55. The first-order chi connectivity index (χ1) is 8.63. The van der Waals surface area contributed by atoms with Gasteiger partial charge in [0.1, 0.15) is 0 Å². The molecule has 0 spiro atoms. The average molecular weight is 246 g/mol. The number of hydrogen-bond acceptors (Lipinski definition) is 2. The number of aromatic nitrogens is 1. The van der Waals surface area contributed by atoms with Gasteiger partial charge in [-0.1, -0.05) is 12.1 Å². The second-order valence-corrected chi connectivity index (χ2v) is 5.13. The molecule has 0 atom stereocenters. The van der Waals surface area contributed by atoms with E-state index >= 15 is 0 Å². The Morgan fingerprint density at radius 1 is 1.17 bits per heavy atom. The molecule has 1 aromatic carbocycles. The molecule has 0 amide bonds. The van der Waals surface area contributed by atoms with Crippen molar-refractivity contribution in [3.8, 4) is 0 Å². The largest absolute Gasteiger partial charge is 0.396 e. The number of aliphatic hydroxyl groups excluding tert-OH is 1. The molecule has 0 aliphatic heterocycles. The van der Waals surface area contributed by atoms with E-state index < -0.39 is 0 Å². The quantitative estimate of drug-likeness (QED) is 0.848. The Morgan fingerprint density at radius 2 is 1.94 bits per heavy atom. The maximum Gasteiger partial charge on any atom is 0.0489 e. The van der Waals surface area contributed by atoms with E-state index in [9.17, 15) is 5.11 Å². The smallest absolute Gasteiger partial charge is 0.0489 e. The van der Waals surface area contributed by atoms with E-state index in [0.717, 1.165) is 19.4 Å². The van der Waals surface area contributed by atoms with Crippen LogP contribution >= 0.6 is 0 Å². The predicted molar refractivity (Wildman–Crippen MR) is 76.1 cm³/mol. The number of likely N-dealkylation sites (N-methyl/N-ethyl adjacent to an activating group) is 1. The number of nitrogens with one attached hydrogen (secondary N) is 1. The lowest BCUT2D eigenvalue weighted by Gasteiger charge is -2.10. The Kier molecular flexibility index (Phi) is 4.04. The lowest BCUT2D eigenvalue weighted by molar-refractivity contribution is 0.300. The molecule has 3 heteroatoms. The van der Waals surface area contributed by atoms with Gasteiger partial charge in [0.2, 0.25) is 0 Å². The summed E-state index contributed by atoms with van der Waals surface area (Å²) in [6.45, 7) is 3.37. The van der Waals surface area contributed by atoms with E-state index in [1.165, 1.54) is 27.6 Å². The fourth-order valence-electron chi connectivity index (χ4n) is 2.40. The van der Waals surface area contributed by atoms with Crippen molar-refractivity contribution in [2.45, 2.75) is 19.8 Å². The lowest BCUT2D eigenvalue weighted by Crippen LogP contribution is -2.15. The molecule has 0 unspecified atom stereocenters. The highest BCUT2D eigenvalue weighted by atomic mass is 16.2. The molecule has 0 bridgehead atoms. The van der Waals surface area contributed by atoms with Crippen molar-refractivity contribution >= 4 is 10.9 Å². The number of nitrogens with zero attached hydrogens (tertiary/aromatic N) is 1. The Labute approximate surface area is 108 Å². The first kappa shape index (κ1) is 13.1. The molecule has 3 nitrogen and oxygen atoms in total. The summed E-state index contributed by atoms with van der Waals surface area (Å²) in [5.41, 5.74) is 5.08. The second-order valence-electron chi connectivity index (χ2n) is 5.13. The molecule has 0 saturated heterocycles. The van der Waals surface area contributed by atoms with Gasteiger partial charge in [0, 0.05) is 30.3 Å². The summed E-state index contributed by atoms with van der Waals surface area (Å²) in [6.07, 6.45) is 3.88. The van der Waals surface area contributed by atoms with Gasteiger partial charge in [-0.2, -0.15) is 0 Å². The van der Waals surface area contributed by atoms with E-state index in [0.29, 0.717) is 0 Å². The van der Waals surface area contributed by atoms with Gasteiger partial charge in [-0.25, -0.2) is 0 Å². The third kappa shape index (κ3) is 2.57.